The third-order valence-corrected chi connectivity index (χ3v) is 4.45. The van der Waals surface area contributed by atoms with Crippen molar-refractivity contribution < 1.29 is 4.79 Å². The smallest absolute Gasteiger partial charge is 0.178 e. The van der Waals surface area contributed by atoms with Gasteiger partial charge in [-0.1, -0.05) is 6.92 Å². The van der Waals surface area contributed by atoms with Crippen LogP contribution in [0, 0.1) is 19.8 Å². The zero-order valence-corrected chi connectivity index (χ0v) is 12.9. The highest BCUT2D eigenvalue weighted by Crippen LogP contribution is 2.23. The largest absolute Gasteiger partial charge is 0.349 e. The predicted molar refractivity (Wildman–Crippen MR) is 78.7 cm³/mol. The second-order valence-electron chi connectivity index (χ2n) is 6.07. The average Bonchev–Trinajstić information content (AvgIpc) is 2.79. The Morgan fingerprint density at radius 2 is 2.05 bits per heavy atom. The lowest BCUT2D eigenvalue weighted by molar-refractivity contribution is 0.0924. The summed E-state index contributed by atoms with van der Waals surface area (Å²) in [4.78, 5) is 14.8. The monoisotopic (exact) mass is 262 g/mol. The molecule has 1 aliphatic rings. The molecule has 2 unspecified atom stereocenters. The molecule has 3 nitrogen and oxygen atoms in total. The summed E-state index contributed by atoms with van der Waals surface area (Å²) in [5, 5.41) is 0. The van der Waals surface area contributed by atoms with Crippen LogP contribution in [0.4, 0.5) is 0 Å². The van der Waals surface area contributed by atoms with Crippen LogP contribution in [-0.2, 0) is 6.54 Å². The minimum absolute atomic E-state index is 0.272. The molecular weight excluding hydrogens is 236 g/mol. The second-order valence-corrected chi connectivity index (χ2v) is 6.07. The molecule has 0 aromatic carbocycles. The van der Waals surface area contributed by atoms with Gasteiger partial charge in [-0.3, -0.25) is 9.69 Å². The molecule has 2 rings (SSSR count). The lowest BCUT2D eigenvalue weighted by atomic mass is 10.1. The van der Waals surface area contributed by atoms with Gasteiger partial charge in [0.25, 0.3) is 0 Å². The lowest BCUT2D eigenvalue weighted by Gasteiger charge is -2.19. The van der Waals surface area contributed by atoms with Gasteiger partial charge in [0.15, 0.2) is 5.78 Å². The number of ketones is 1. The fourth-order valence-corrected chi connectivity index (χ4v) is 3.45. The van der Waals surface area contributed by atoms with Crippen molar-refractivity contribution in [3.8, 4) is 0 Å². The van der Waals surface area contributed by atoms with E-state index in [1.54, 1.807) is 0 Å². The molecule has 1 aromatic rings. The van der Waals surface area contributed by atoms with Crippen LogP contribution in [0.25, 0.3) is 0 Å². The normalized spacial score (nSPS) is 24.1. The van der Waals surface area contributed by atoms with Crippen LogP contribution in [-0.4, -0.2) is 34.4 Å². The average molecular weight is 262 g/mol. The quantitative estimate of drug-likeness (QED) is 0.779. The van der Waals surface area contributed by atoms with E-state index in [4.69, 9.17) is 0 Å². The second kappa shape index (κ2) is 5.49. The van der Waals surface area contributed by atoms with E-state index in [-0.39, 0.29) is 5.78 Å². The molecule has 0 spiro atoms. The van der Waals surface area contributed by atoms with Gasteiger partial charge in [-0.15, -0.1) is 0 Å². The molecule has 2 atom stereocenters. The van der Waals surface area contributed by atoms with Crippen molar-refractivity contribution in [2.75, 3.05) is 13.1 Å². The highest BCUT2D eigenvalue weighted by atomic mass is 16.1. The zero-order valence-electron chi connectivity index (χ0n) is 12.9. The third-order valence-electron chi connectivity index (χ3n) is 4.45. The molecule has 3 heteroatoms. The molecule has 1 aromatic heterocycles. The molecule has 0 bridgehead atoms. The van der Waals surface area contributed by atoms with Gasteiger partial charge in [-0.25, -0.2) is 0 Å². The molecule has 0 aliphatic carbocycles. The van der Waals surface area contributed by atoms with E-state index in [1.807, 2.05) is 6.07 Å². The van der Waals surface area contributed by atoms with Crippen molar-refractivity contribution in [2.45, 2.75) is 53.6 Å². The molecular formula is C16H26N2O. The maximum Gasteiger partial charge on any atom is 0.178 e. The van der Waals surface area contributed by atoms with E-state index in [1.165, 1.54) is 12.1 Å². The number of hydrogen-bond donors (Lipinski definition) is 0. The van der Waals surface area contributed by atoms with Crippen LogP contribution in [0.3, 0.4) is 0 Å². The van der Waals surface area contributed by atoms with Gasteiger partial charge >= 0.3 is 0 Å². The maximum absolute atomic E-state index is 12.5. The Hall–Kier alpha value is -1.09. The van der Waals surface area contributed by atoms with Gasteiger partial charge in [0.05, 0.1) is 6.54 Å². The first-order chi connectivity index (χ1) is 8.93. The topological polar surface area (TPSA) is 25.2 Å². The minimum Gasteiger partial charge on any atom is -0.349 e. The molecule has 0 radical (unpaired) electrons. The molecule has 0 N–H and O–H groups in total. The van der Waals surface area contributed by atoms with E-state index < -0.39 is 0 Å². The van der Waals surface area contributed by atoms with Crippen LogP contribution >= 0.6 is 0 Å². The molecule has 19 heavy (non-hydrogen) atoms. The molecule has 1 fully saturated rings. The van der Waals surface area contributed by atoms with E-state index in [0.717, 1.165) is 24.3 Å². The Bertz CT molecular complexity index is 475. The number of Topliss-reactive ketones (excluding diaryl/α,β-unsaturated/α-hetero) is 1. The number of aryl methyl sites for hydroxylation is 1. The van der Waals surface area contributed by atoms with Crippen LogP contribution in [0.5, 0.6) is 0 Å². The summed E-state index contributed by atoms with van der Waals surface area (Å²) in [6.07, 6.45) is 1.21. The van der Waals surface area contributed by atoms with E-state index in [9.17, 15) is 4.79 Å². The third kappa shape index (κ3) is 2.76. The SMILES string of the molecule is CCn1c(C)cc(C(=O)CN2CC(C)CC2C)c1C. The fourth-order valence-electron chi connectivity index (χ4n) is 3.45. The Morgan fingerprint density at radius 1 is 1.37 bits per heavy atom. The van der Waals surface area contributed by atoms with E-state index >= 15 is 0 Å². The van der Waals surface area contributed by atoms with Gasteiger partial charge < -0.3 is 4.57 Å². The molecule has 2 heterocycles. The summed E-state index contributed by atoms with van der Waals surface area (Å²) in [5.74, 6) is 0.986. The van der Waals surface area contributed by atoms with Crippen LogP contribution in [0.2, 0.25) is 0 Å². The van der Waals surface area contributed by atoms with Gasteiger partial charge in [0, 0.05) is 36.1 Å². The summed E-state index contributed by atoms with van der Waals surface area (Å²) in [7, 11) is 0. The van der Waals surface area contributed by atoms with E-state index in [2.05, 4.69) is 44.1 Å². The molecule has 1 saturated heterocycles. The lowest BCUT2D eigenvalue weighted by Crippen LogP contribution is -2.33. The molecule has 1 aliphatic heterocycles. The van der Waals surface area contributed by atoms with Crippen LogP contribution in [0.1, 0.15) is 48.9 Å². The number of aromatic nitrogens is 1. The van der Waals surface area contributed by atoms with Crippen molar-refractivity contribution in [1.82, 2.24) is 9.47 Å². The number of likely N-dealkylation sites (tertiary alicyclic amines) is 1. The van der Waals surface area contributed by atoms with Crippen molar-refractivity contribution in [2.24, 2.45) is 5.92 Å². The Morgan fingerprint density at radius 3 is 2.53 bits per heavy atom. The zero-order chi connectivity index (χ0) is 14.2. The molecule has 0 saturated carbocycles. The minimum atomic E-state index is 0.272. The van der Waals surface area contributed by atoms with Crippen LogP contribution in [0.15, 0.2) is 6.07 Å². The maximum atomic E-state index is 12.5. The number of carbonyl (C=O) groups is 1. The Labute approximate surface area is 116 Å². The summed E-state index contributed by atoms with van der Waals surface area (Å²) < 4.78 is 2.21. The van der Waals surface area contributed by atoms with Crippen molar-refractivity contribution in [1.29, 1.82) is 0 Å². The highest BCUT2D eigenvalue weighted by Gasteiger charge is 2.28. The number of rotatable bonds is 4. The number of hydrogen-bond acceptors (Lipinski definition) is 2. The van der Waals surface area contributed by atoms with Gasteiger partial charge in [0.2, 0.25) is 0 Å². The Balaban J connectivity index is 2.12. The van der Waals surface area contributed by atoms with E-state index in [0.29, 0.717) is 18.5 Å². The van der Waals surface area contributed by atoms with Crippen molar-refractivity contribution in [3.05, 3.63) is 23.0 Å². The predicted octanol–water partition coefficient (Wildman–Crippen LogP) is 3.04. The number of carbonyl (C=O) groups excluding carboxylic acids is 1. The summed E-state index contributed by atoms with van der Waals surface area (Å²) >= 11 is 0. The highest BCUT2D eigenvalue weighted by molar-refractivity contribution is 5.99. The van der Waals surface area contributed by atoms with Crippen molar-refractivity contribution >= 4 is 5.78 Å². The fraction of sp³-hybridized carbons (Fsp3) is 0.688. The first kappa shape index (κ1) is 14.3. The summed E-state index contributed by atoms with van der Waals surface area (Å²) in [6.45, 7) is 13.3. The number of nitrogens with zero attached hydrogens (tertiary/aromatic N) is 2. The van der Waals surface area contributed by atoms with Crippen LogP contribution < -0.4 is 0 Å². The summed E-state index contributed by atoms with van der Waals surface area (Å²) in [5.41, 5.74) is 3.21. The first-order valence-corrected chi connectivity index (χ1v) is 7.38. The van der Waals surface area contributed by atoms with Crippen molar-refractivity contribution in [3.63, 3.8) is 0 Å². The standard InChI is InChI=1S/C16H26N2O/c1-6-18-13(4)8-15(14(18)5)16(19)10-17-9-11(2)7-12(17)3/h8,11-12H,6-7,9-10H2,1-5H3. The van der Waals surface area contributed by atoms with Gasteiger partial charge in [-0.05, 0) is 46.1 Å². The molecule has 0 amide bonds. The van der Waals surface area contributed by atoms with Gasteiger partial charge in [0.1, 0.15) is 0 Å². The van der Waals surface area contributed by atoms with Gasteiger partial charge in [-0.2, -0.15) is 0 Å². The molecule has 106 valence electrons. The Kier molecular flexibility index (Phi) is 4.14. The summed E-state index contributed by atoms with van der Waals surface area (Å²) in [6, 6.07) is 2.58. The first-order valence-electron chi connectivity index (χ1n) is 7.38.